The van der Waals surface area contributed by atoms with Crippen LogP contribution in [-0.4, -0.2) is 23.2 Å². The number of hydrogen-bond donors (Lipinski definition) is 2. The maximum absolute atomic E-state index is 11.2. The molecular formula is C14H23NO2. The van der Waals surface area contributed by atoms with Crippen molar-refractivity contribution in [3.8, 4) is 0 Å². The Kier molecular flexibility index (Phi) is 2.66. The number of fused-ring (bicyclic) bond motifs is 2. The van der Waals surface area contributed by atoms with Crippen molar-refractivity contribution in [2.24, 2.45) is 16.7 Å². The van der Waals surface area contributed by atoms with E-state index in [0.29, 0.717) is 12.5 Å². The van der Waals surface area contributed by atoms with Gasteiger partial charge in [-0.25, -0.2) is 0 Å². The molecule has 0 aromatic rings. The van der Waals surface area contributed by atoms with E-state index in [9.17, 15) is 9.90 Å². The third kappa shape index (κ3) is 1.48. The van der Waals surface area contributed by atoms with E-state index in [4.69, 9.17) is 0 Å². The first kappa shape index (κ1) is 12.6. The summed E-state index contributed by atoms with van der Waals surface area (Å²) in [5, 5.41) is 13.6. The normalized spacial score (nSPS) is 42.5. The van der Waals surface area contributed by atoms with Crippen LogP contribution >= 0.6 is 0 Å². The largest absolute Gasteiger partial charge is 0.387 e. The Bertz CT molecular complexity index is 363. The van der Waals surface area contributed by atoms with Gasteiger partial charge in [-0.05, 0) is 36.7 Å². The van der Waals surface area contributed by atoms with Crippen molar-refractivity contribution in [2.45, 2.75) is 45.6 Å². The van der Waals surface area contributed by atoms with Gasteiger partial charge in [0.25, 0.3) is 0 Å². The molecule has 2 aliphatic carbocycles. The summed E-state index contributed by atoms with van der Waals surface area (Å²) in [5.41, 5.74) is -0.710. The van der Waals surface area contributed by atoms with Crippen LogP contribution in [0, 0.1) is 16.7 Å². The van der Waals surface area contributed by atoms with Gasteiger partial charge in [0.05, 0.1) is 5.60 Å². The Hall–Kier alpha value is -0.830. The number of aliphatic hydroxyl groups is 1. The Morgan fingerprint density at radius 2 is 2.18 bits per heavy atom. The molecule has 3 unspecified atom stereocenters. The number of nitrogens with one attached hydrogen (secondary N) is 1. The van der Waals surface area contributed by atoms with Crippen LogP contribution in [0.5, 0.6) is 0 Å². The quantitative estimate of drug-likeness (QED) is 0.736. The number of hydrogen-bond acceptors (Lipinski definition) is 2. The highest BCUT2D eigenvalue weighted by atomic mass is 16.3. The monoisotopic (exact) mass is 237 g/mol. The van der Waals surface area contributed by atoms with Crippen molar-refractivity contribution in [1.29, 1.82) is 0 Å². The van der Waals surface area contributed by atoms with Crippen molar-refractivity contribution in [1.82, 2.24) is 5.32 Å². The van der Waals surface area contributed by atoms with Crippen molar-refractivity contribution in [3.05, 3.63) is 12.7 Å². The van der Waals surface area contributed by atoms with Crippen LogP contribution in [0.25, 0.3) is 0 Å². The van der Waals surface area contributed by atoms with E-state index < -0.39 is 5.60 Å². The van der Waals surface area contributed by atoms with Crippen LogP contribution in [0.3, 0.4) is 0 Å². The molecule has 3 nitrogen and oxygen atoms in total. The lowest BCUT2D eigenvalue weighted by atomic mass is 9.64. The maximum Gasteiger partial charge on any atom is 0.243 e. The van der Waals surface area contributed by atoms with Crippen molar-refractivity contribution in [3.63, 3.8) is 0 Å². The van der Waals surface area contributed by atoms with Crippen LogP contribution in [0.2, 0.25) is 0 Å². The number of amides is 1. The average molecular weight is 237 g/mol. The van der Waals surface area contributed by atoms with Crippen molar-refractivity contribution >= 4 is 5.91 Å². The van der Waals surface area contributed by atoms with Gasteiger partial charge in [0.1, 0.15) is 0 Å². The van der Waals surface area contributed by atoms with E-state index in [0.717, 1.165) is 12.8 Å². The minimum atomic E-state index is -0.766. The summed E-state index contributed by atoms with van der Waals surface area (Å²) in [4.78, 5) is 11.2. The summed E-state index contributed by atoms with van der Waals surface area (Å²) in [5.74, 6) is 0.362. The lowest BCUT2D eigenvalue weighted by Gasteiger charge is -2.45. The van der Waals surface area contributed by atoms with Gasteiger partial charge in [0, 0.05) is 12.0 Å². The van der Waals surface area contributed by atoms with Crippen LogP contribution in [-0.2, 0) is 4.79 Å². The fraction of sp³-hybridized carbons (Fsp3) is 0.786. The topological polar surface area (TPSA) is 49.3 Å². The fourth-order valence-corrected chi connectivity index (χ4v) is 3.99. The van der Waals surface area contributed by atoms with E-state index in [1.165, 1.54) is 12.5 Å². The number of rotatable bonds is 3. The predicted octanol–water partition coefficient (Wildman–Crippen LogP) is 1.87. The Morgan fingerprint density at radius 3 is 2.59 bits per heavy atom. The summed E-state index contributed by atoms with van der Waals surface area (Å²) in [6.07, 6.45) is 4.30. The van der Waals surface area contributed by atoms with Crippen molar-refractivity contribution < 1.29 is 9.90 Å². The summed E-state index contributed by atoms with van der Waals surface area (Å²) < 4.78 is 0. The molecule has 2 fully saturated rings. The first-order chi connectivity index (χ1) is 7.77. The zero-order valence-electron chi connectivity index (χ0n) is 11.0. The average Bonchev–Trinajstić information content (AvgIpc) is 2.58. The maximum atomic E-state index is 11.2. The van der Waals surface area contributed by atoms with Gasteiger partial charge >= 0.3 is 0 Å². The van der Waals surface area contributed by atoms with Crippen LogP contribution in [0.15, 0.2) is 12.7 Å². The van der Waals surface area contributed by atoms with Gasteiger partial charge in [0.15, 0.2) is 0 Å². The Labute approximate surface area is 103 Å². The first-order valence-corrected chi connectivity index (χ1v) is 6.39. The standard InChI is InChI=1S/C14H23NO2/c1-5-11(16)15-9-14(17)8-10-6-7-13(14,4)12(10,2)3/h5,10,17H,1,6-9H2,2-4H3,(H,15,16). The lowest BCUT2D eigenvalue weighted by molar-refractivity contribution is -0.122. The van der Waals surface area contributed by atoms with Crippen LogP contribution in [0.1, 0.15) is 40.0 Å². The second-order valence-electron chi connectivity index (χ2n) is 6.45. The second kappa shape index (κ2) is 3.58. The first-order valence-electron chi connectivity index (χ1n) is 6.39. The van der Waals surface area contributed by atoms with E-state index in [-0.39, 0.29) is 16.7 Å². The third-order valence-corrected chi connectivity index (χ3v) is 5.79. The molecule has 0 saturated heterocycles. The van der Waals surface area contributed by atoms with Gasteiger partial charge in [-0.1, -0.05) is 27.4 Å². The molecule has 1 amide bonds. The zero-order chi connectivity index (χ0) is 12.9. The SMILES string of the molecule is C=CC(=O)NCC1(O)CC2CCC1(C)C2(C)C. The molecule has 2 rings (SSSR count). The molecule has 3 atom stereocenters. The zero-order valence-corrected chi connectivity index (χ0v) is 11.0. The molecule has 0 aromatic heterocycles. The molecule has 0 aliphatic heterocycles. The highest BCUT2D eigenvalue weighted by Crippen LogP contribution is 2.69. The summed E-state index contributed by atoms with van der Waals surface area (Å²) in [6, 6.07) is 0. The molecule has 0 spiro atoms. The van der Waals surface area contributed by atoms with Gasteiger partial charge in [0.2, 0.25) is 5.91 Å². The second-order valence-corrected chi connectivity index (χ2v) is 6.45. The molecule has 96 valence electrons. The third-order valence-electron chi connectivity index (χ3n) is 5.79. The molecule has 2 saturated carbocycles. The molecule has 2 N–H and O–H groups in total. The molecule has 17 heavy (non-hydrogen) atoms. The molecule has 3 heteroatoms. The number of carbonyl (C=O) groups is 1. The van der Waals surface area contributed by atoms with Gasteiger partial charge < -0.3 is 10.4 Å². The number of carbonyl (C=O) groups excluding carboxylic acids is 1. The minimum Gasteiger partial charge on any atom is -0.387 e. The molecular weight excluding hydrogens is 214 g/mol. The smallest absolute Gasteiger partial charge is 0.243 e. The minimum absolute atomic E-state index is 0.0981. The molecule has 0 heterocycles. The summed E-state index contributed by atoms with van der Waals surface area (Å²) in [6.45, 7) is 10.4. The molecule has 2 bridgehead atoms. The molecule has 2 aliphatic rings. The molecule has 0 radical (unpaired) electrons. The van der Waals surface area contributed by atoms with Crippen LogP contribution < -0.4 is 5.32 Å². The van der Waals surface area contributed by atoms with Crippen molar-refractivity contribution in [2.75, 3.05) is 6.54 Å². The highest BCUT2D eigenvalue weighted by molar-refractivity contribution is 5.86. The summed E-state index contributed by atoms with van der Waals surface area (Å²) >= 11 is 0. The van der Waals surface area contributed by atoms with E-state index in [1.807, 2.05) is 0 Å². The van der Waals surface area contributed by atoms with E-state index in [2.05, 4.69) is 32.7 Å². The molecule has 0 aromatic carbocycles. The van der Waals surface area contributed by atoms with Crippen LogP contribution in [0.4, 0.5) is 0 Å². The summed E-state index contributed by atoms with van der Waals surface area (Å²) in [7, 11) is 0. The lowest BCUT2D eigenvalue weighted by Crippen LogP contribution is -2.54. The van der Waals surface area contributed by atoms with E-state index >= 15 is 0 Å². The van der Waals surface area contributed by atoms with Gasteiger partial charge in [-0.3, -0.25) is 4.79 Å². The highest BCUT2D eigenvalue weighted by Gasteiger charge is 2.68. The fourth-order valence-electron chi connectivity index (χ4n) is 3.99. The Balaban J connectivity index is 2.18. The Morgan fingerprint density at radius 1 is 1.53 bits per heavy atom. The van der Waals surface area contributed by atoms with E-state index in [1.54, 1.807) is 0 Å². The predicted molar refractivity (Wildman–Crippen MR) is 67.4 cm³/mol. The van der Waals surface area contributed by atoms with Gasteiger partial charge in [-0.15, -0.1) is 0 Å². The van der Waals surface area contributed by atoms with Gasteiger partial charge in [-0.2, -0.15) is 0 Å².